The number of methoxy groups -OCH3 is 1. The monoisotopic (exact) mass is 575 g/mol. The van der Waals surface area contributed by atoms with Gasteiger partial charge in [-0.2, -0.15) is 0 Å². The number of ether oxygens (including phenoxy) is 2. The van der Waals surface area contributed by atoms with Crippen LogP contribution in [0.4, 0.5) is 0 Å². The first-order valence-electron chi connectivity index (χ1n) is 12.1. The fourth-order valence-corrected chi connectivity index (χ4v) is 3.96. The van der Waals surface area contributed by atoms with E-state index in [0.717, 1.165) is 63.0 Å². The zero-order valence-corrected chi connectivity index (χ0v) is 23.9. The molecule has 1 aromatic carbocycles. The summed E-state index contributed by atoms with van der Waals surface area (Å²) in [5, 5.41) is 7.00. The molecule has 1 heterocycles. The Bertz CT molecular complexity index is 693. The van der Waals surface area contributed by atoms with Gasteiger partial charge in [0.25, 0.3) is 0 Å². The van der Waals surface area contributed by atoms with Gasteiger partial charge in [-0.1, -0.05) is 26.0 Å². The molecule has 0 saturated carbocycles. The molecule has 1 saturated heterocycles. The zero-order chi connectivity index (χ0) is 23.3. The third-order valence-corrected chi connectivity index (χ3v) is 5.98. The van der Waals surface area contributed by atoms with Crippen molar-refractivity contribution < 1.29 is 9.47 Å². The van der Waals surface area contributed by atoms with Crippen LogP contribution in [0.25, 0.3) is 0 Å². The number of aliphatic imine (C=N–C) groups is 1. The molecule has 7 nitrogen and oxygen atoms in total. The van der Waals surface area contributed by atoms with Gasteiger partial charge in [-0.05, 0) is 38.4 Å². The second-order valence-corrected chi connectivity index (χ2v) is 9.03. The normalized spacial score (nSPS) is 16.4. The van der Waals surface area contributed by atoms with E-state index >= 15 is 0 Å². The van der Waals surface area contributed by atoms with Crippen molar-refractivity contribution in [3.8, 4) is 5.75 Å². The van der Waals surface area contributed by atoms with Gasteiger partial charge in [-0.15, -0.1) is 24.0 Å². The van der Waals surface area contributed by atoms with Gasteiger partial charge in [-0.3, -0.25) is 4.90 Å². The summed E-state index contributed by atoms with van der Waals surface area (Å²) in [6, 6.07) is 6.83. The SMILES string of the molecule is CCNC(=NCc1ccc(C)cc1OCCCOC)NCC(C(C)C)N1CCN(C)CC1.I. The maximum Gasteiger partial charge on any atom is 0.191 e. The van der Waals surface area contributed by atoms with Gasteiger partial charge in [0, 0.05) is 71.0 Å². The number of halogens is 1. The second-order valence-electron chi connectivity index (χ2n) is 9.03. The lowest BCUT2D eigenvalue weighted by atomic mass is 10.0. The molecule has 2 rings (SSSR count). The molecule has 190 valence electrons. The van der Waals surface area contributed by atoms with E-state index in [4.69, 9.17) is 14.5 Å². The number of hydrogen-bond donors (Lipinski definition) is 2. The number of hydrogen-bond acceptors (Lipinski definition) is 5. The van der Waals surface area contributed by atoms with Gasteiger partial charge >= 0.3 is 0 Å². The number of guanidine groups is 1. The standard InChI is InChI=1S/C25H45N5O2.HI/c1-7-26-25(28-19-23(20(2)3)30-13-11-29(5)12-14-30)27-18-22-10-9-21(4)17-24(22)32-16-8-15-31-6;/h9-10,17,20,23H,7-8,11-16,18-19H2,1-6H3,(H2,26,27,28);1H. The van der Waals surface area contributed by atoms with Crippen LogP contribution in [0, 0.1) is 12.8 Å². The summed E-state index contributed by atoms with van der Waals surface area (Å²) in [6.07, 6.45) is 0.875. The van der Waals surface area contributed by atoms with Crippen LogP contribution >= 0.6 is 24.0 Å². The van der Waals surface area contributed by atoms with Crippen LogP contribution in [-0.4, -0.2) is 88.4 Å². The average molecular weight is 576 g/mol. The molecule has 8 heteroatoms. The Kier molecular flexibility index (Phi) is 15.0. The summed E-state index contributed by atoms with van der Waals surface area (Å²) in [5.74, 6) is 2.36. The first-order chi connectivity index (χ1) is 15.4. The van der Waals surface area contributed by atoms with Crippen LogP contribution in [0.3, 0.4) is 0 Å². The molecule has 0 aromatic heterocycles. The maximum atomic E-state index is 6.03. The maximum absolute atomic E-state index is 6.03. The molecule has 0 spiro atoms. The molecule has 0 radical (unpaired) electrons. The first kappa shape index (κ1) is 29.9. The number of nitrogens with one attached hydrogen (secondary N) is 2. The number of aryl methyl sites for hydroxylation is 1. The number of benzene rings is 1. The van der Waals surface area contributed by atoms with E-state index in [-0.39, 0.29) is 24.0 Å². The van der Waals surface area contributed by atoms with Gasteiger partial charge in [0.1, 0.15) is 5.75 Å². The highest BCUT2D eigenvalue weighted by Crippen LogP contribution is 2.21. The molecule has 1 aliphatic heterocycles. The van der Waals surface area contributed by atoms with Crippen LogP contribution in [0.1, 0.15) is 38.3 Å². The molecule has 33 heavy (non-hydrogen) atoms. The molecule has 0 aliphatic carbocycles. The first-order valence-corrected chi connectivity index (χ1v) is 12.1. The molecular weight excluding hydrogens is 529 g/mol. The van der Waals surface area contributed by atoms with Crippen molar-refractivity contribution in [3.05, 3.63) is 29.3 Å². The number of likely N-dealkylation sites (N-methyl/N-ethyl adjacent to an activating group) is 1. The zero-order valence-electron chi connectivity index (χ0n) is 21.5. The quantitative estimate of drug-likeness (QED) is 0.173. The van der Waals surface area contributed by atoms with E-state index in [1.807, 2.05) is 0 Å². The molecule has 1 atom stereocenters. The fraction of sp³-hybridized carbons (Fsp3) is 0.720. The third-order valence-electron chi connectivity index (χ3n) is 5.98. The molecule has 0 bridgehead atoms. The molecular formula is C25H46IN5O2. The van der Waals surface area contributed by atoms with Crippen LogP contribution in [0.5, 0.6) is 5.75 Å². The van der Waals surface area contributed by atoms with Gasteiger partial charge in [-0.25, -0.2) is 4.99 Å². The summed E-state index contributed by atoms with van der Waals surface area (Å²) in [4.78, 5) is 9.89. The Morgan fingerprint density at radius 2 is 1.85 bits per heavy atom. The summed E-state index contributed by atoms with van der Waals surface area (Å²) in [7, 11) is 3.92. The van der Waals surface area contributed by atoms with E-state index < -0.39 is 0 Å². The average Bonchev–Trinajstić information content (AvgIpc) is 2.77. The summed E-state index contributed by atoms with van der Waals surface area (Å²) in [6.45, 7) is 17.0. The van der Waals surface area contributed by atoms with Crippen molar-refractivity contribution >= 4 is 29.9 Å². The van der Waals surface area contributed by atoms with Crippen LogP contribution in [0.15, 0.2) is 23.2 Å². The molecule has 1 aromatic rings. The van der Waals surface area contributed by atoms with E-state index in [9.17, 15) is 0 Å². The van der Waals surface area contributed by atoms with Crippen LogP contribution in [-0.2, 0) is 11.3 Å². The lowest BCUT2D eigenvalue weighted by molar-refractivity contribution is 0.0900. The van der Waals surface area contributed by atoms with Crippen LogP contribution < -0.4 is 15.4 Å². The topological polar surface area (TPSA) is 61.4 Å². The van der Waals surface area contributed by atoms with Crippen LogP contribution in [0.2, 0.25) is 0 Å². The molecule has 2 N–H and O–H groups in total. The van der Waals surface area contributed by atoms with Crippen molar-refractivity contribution in [3.63, 3.8) is 0 Å². The third kappa shape index (κ3) is 10.8. The smallest absolute Gasteiger partial charge is 0.191 e. The van der Waals surface area contributed by atoms with Gasteiger partial charge in [0.2, 0.25) is 0 Å². The minimum absolute atomic E-state index is 0. The Balaban J connectivity index is 0.00000544. The minimum Gasteiger partial charge on any atom is -0.493 e. The number of rotatable bonds is 12. The van der Waals surface area contributed by atoms with Gasteiger partial charge in [0.15, 0.2) is 5.96 Å². The fourth-order valence-electron chi connectivity index (χ4n) is 3.96. The Morgan fingerprint density at radius 1 is 1.12 bits per heavy atom. The summed E-state index contributed by atoms with van der Waals surface area (Å²) in [5.41, 5.74) is 2.29. The second kappa shape index (κ2) is 16.5. The molecule has 1 unspecified atom stereocenters. The molecule has 0 amide bonds. The van der Waals surface area contributed by atoms with Gasteiger partial charge < -0.3 is 25.0 Å². The van der Waals surface area contributed by atoms with E-state index in [1.165, 1.54) is 5.56 Å². The van der Waals surface area contributed by atoms with Crippen molar-refractivity contribution in [2.75, 3.05) is 66.6 Å². The molecule has 1 fully saturated rings. The number of nitrogens with zero attached hydrogens (tertiary/aromatic N) is 3. The highest BCUT2D eigenvalue weighted by Gasteiger charge is 2.25. The Hall–Kier alpha value is -1.10. The van der Waals surface area contributed by atoms with E-state index in [2.05, 4.69) is 73.4 Å². The summed E-state index contributed by atoms with van der Waals surface area (Å²) >= 11 is 0. The summed E-state index contributed by atoms with van der Waals surface area (Å²) < 4.78 is 11.2. The lowest BCUT2D eigenvalue weighted by Crippen LogP contribution is -2.55. The Morgan fingerprint density at radius 3 is 2.48 bits per heavy atom. The minimum atomic E-state index is 0. The van der Waals surface area contributed by atoms with Crippen molar-refractivity contribution in [2.45, 2.75) is 46.7 Å². The number of piperazine rings is 1. The van der Waals surface area contributed by atoms with Gasteiger partial charge in [0.05, 0.1) is 13.2 Å². The largest absolute Gasteiger partial charge is 0.493 e. The highest BCUT2D eigenvalue weighted by atomic mass is 127. The van der Waals surface area contributed by atoms with Crippen molar-refractivity contribution in [2.24, 2.45) is 10.9 Å². The molecule has 1 aliphatic rings. The lowest BCUT2D eigenvalue weighted by Gasteiger charge is -2.40. The van der Waals surface area contributed by atoms with E-state index in [0.29, 0.717) is 31.7 Å². The highest BCUT2D eigenvalue weighted by molar-refractivity contribution is 14.0. The predicted molar refractivity (Wildman–Crippen MR) is 149 cm³/mol. The van der Waals surface area contributed by atoms with Crippen molar-refractivity contribution in [1.29, 1.82) is 0 Å². The Labute approximate surface area is 218 Å². The predicted octanol–water partition coefficient (Wildman–Crippen LogP) is 3.36. The van der Waals surface area contributed by atoms with Crippen molar-refractivity contribution in [1.82, 2.24) is 20.4 Å². The van der Waals surface area contributed by atoms with E-state index in [1.54, 1.807) is 7.11 Å².